The van der Waals surface area contributed by atoms with E-state index in [1.807, 2.05) is 6.07 Å². The Kier molecular flexibility index (Phi) is 6.52. The minimum absolute atomic E-state index is 0.930. The summed E-state index contributed by atoms with van der Waals surface area (Å²) < 4.78 is 7.05. The second kappa shape index (κ2) is 11.7. The van der Waals surface area contributed by atoms with Crippen molar-refractivity contribution in [2.75, 3.05) is 0 Å². The third-order valence-electron chi connectivity index (χ3n) is 10.6. The second-order valence-corrected chi connectivity index (χ2v) is 13.6. The van der Waals surface area contributed by atoms with E-state index in [1.165, 1.54) is 60.4 Å². The van der Waals surface area contributed by atoms with Crippen LogP contribution in [0.1, 0.15) is 0 Å². The van der Waals surface area contributed by atoms with Crippen molar-refractivity contribution in [1.82, 2.24) is 18.7 Å². The molecule has 3 heterocycles. The summed E-state index contributed by atoms with van der Waals surface area (Å²) in [7, 11) is 0. The molecule has 0 N–H and O–H groups in total. The lowest BCUT2D eigenvalue weighted by atomic mass is 10.0. The van der Waals surface area contributed by atoms with Gasteiger partial charge in [-0.1, -0.05) is 115 Å². The molecule has 0 aliphatic heterocycles. The van der Waals surface area contributed by atoms with Crippen LogP contribution in [0.4, 0.5) is 0 Å². The molecule has 0 aliphatic rings. The molecule has 0 spiro atoms. The van der Waals surface area contributed by atoms with Gasteiger partial charge >= 0.3 is 0 Å². The third kappa shape index (κ3) is 4.59. The van der Waals surface area contributed by atoms with E-state index in [0.717, 1.165) is 33.8 Å². The van der Waals surface area contributed by atoms with E-state index in [2.05, 4.69) is 202 Å². The van der Waals surface area contributed by atoms with Crippen LogP contribution in [-0.2, 0) is 0 Å². The predicted molar refractivity (Wildman–Crippen MR) is 221 cm³/mol. The Balaban J connectivity index is 1.08. The van der Waals surface area contributed by atoms with Gasteiger partial charge in [0.05, 0.1) is 33.1 Å². The van der Waals surface area contributed by atoms with Crippen LogP contribution in [0.3, 0.4) is 0 Å². The summed E-state index contributed by atoms with van der Waals surface area (Å²) in [4.78, 5) is 5.10. The molecule has 0 saturated carbocycles. The first-order valence-electron chi connectivity index (χ1n) is 18.1. The Morgan fingerprint density at radius 1 is 0.283 bits per heavy atom. The number of fused-ring (bicyclic) bond motifs is 7. The van der Waals surface area contributed by atoms with Gasteiger partial charge in [-0.3, -0.25) is 4.57 Å². The Hall–Kier alpha value is -7.17. The minimum Gasteiger partial charge on any atom is -0.309 e. The Labute approximate surface area is 306 Å². The van der Waals surface area contributed by atoms with Crippen LogP contribution in [0, 0.1) is 0 Å². The number of hydrogen-bond donors (Lipinski definition) is 0. The van der Waals surface area contributed by atoms with Gasteiger partial charge in [-0.05, 0) is 90.0 Å². The zero-order valence-corrected chi connectivity index (χ0v) is 28.8. The molecular weight excluding hydrogens is 645 g/mol. The fraction of sp³-hybridized carbons (Fsp3) is 0. The Morgan fingerprint density at radius 3 is 1.40 bits per heavy atom. The molecule has 248 valence electrons. The maximum atomic E-state index is 5.10. The Bertz CT molecular complexity index is 3160. The summed E-state index contributed by atoms with van der Waals surface area (Å²) in [6.07, 6.45) is 0. The molecule has 0 aliphatic carbocycles. The van der Waals surface area contributed by atoms with Gasteiger partial charge in [-0.15, -0.1) is 0 Å². The monoisotopic (exact) mass is 676 g/mol. The number of hydrogen-bond acceptors (Lipinski definition) is 1. The average molecular weight is 677 g/mol. The van der Waals surface area contributed by atoms with Gasteiger partial charge in [-0.2, -0.15) is 0 Å². The lowest BCUT2D eigenvalue weighted by Gasteiger charge is -2.13. The van der Waals surface area contributed by atoms with Gasteiger partial charge in [0, 0.05) is 44.2 Å². The van der Waals surface area contributed by atoms with Crippen LogP contribution in [0.25, 0.3) is 94.2 Å². The van der Waals surface area contributed by atoms with Crippen LogP contribution in [0.15, 0.2) is 194 Å². The van der Waals surface area contributed by atoms with E-state index in [1.54, 1.807) is 0 Å². The van der Waals surface area contributed by atoms with Crippen LogP contribution in [0.2, 0.25) is 0 Å². The number of imidazole rings is 1. The third-order valence-corrected chi connectivity index (χ3v) is 10.6. The maximum absolute atomic E-state index is 5.10. The van der Waals surface area contributed by atoms with E-state index in [0.29, 0.717) is 0 Å². The first-order chi connectivity index (χ1) is 26.3. The molecule has 11 rings (SSSR count). The van der Waals surface area contributed by atoms with E-state index in [9.17, 15) is 0 Å². The summed E-state index contributed by atoms with van der Waals surface area (Å²) >= 11 is 0. The highest BCUT2D eigenvalue weighted by atomic mass is 15.1. The van der Waals surface area contributed by atoms with E-state index in [-0.39, 0.29) is 0 Å². The first kappa shape index (κ1) is 29.5. The Morgan fingerprint density at radius 2 is 0.755 bits per heavy atom. The average Bonchev–Trinajstić information content (AvgIpc) is 3.89. The predicted octanol–water partition coefficient (Wildman–Crippen LogP) is 12.6. The number of rotatable bonds is 5. The van der Waals surface area contributed by atoms with E-state index in [4.69, 9.17) is 4.98 Å². The number of para-hydroxylation sites is 5. The molecule has 53 heavy (non-hydrogen) atoms. The molecule has 0 unspecified atom stereocenters. The van der Waals surface area contributed by atoms with Crippen molar-refractivity contribution in [2.24, 2.45) is 0 Å². The fourth-order valence-electron chi connectivity index (χ4n) is 8.28. The van der Waals surface area contributed by atoms with E-state index >= 15 is 0 Å². The van der Waals surface area contributed by atoms with Crippen LogP contribution in [-0.4, -0.2) is 18.7 Å². The quantitative estimate of drug-likeness (QED) is 0.178. The lowest BCUT2D eigenvalue weighted by Crippen LogP contribution is -2.00. The first-order valence-corrected chi connectivity index (χ1v) is 18.1. The van der Waals surface area contributed by atoms with Crippen LogP contribution in [0.5, 0.6) is 0 Å². The van der Waals surface area contributed by atoms with E-state index < -0.39 is 0 Å². The van der Waals surface area contributed by atoms with Crippen LogP contribution < -0.4 is 0 Å². The molecule has 0 bridgehead atoms. The summed E-state index contributed by atoms with van der Waals surface area (Å²) in [5.41, 5.74) is 13.7. The number of benzene rings is 8. The minimum atomic E-state index is 0.930. The smallest absolute Gasteiger partial charge is 0.145 e. The van der Waals surface area contributed by atoms with Gasteiger partial charge in [0.2, 0.25) is 0 Å². The van der Waals surface area contributed by atoms with Crippen molar-refractivity contribution >= 4 is 54.6 Å². The molecule has 0 radical (unpaired) electrons. The molecule has 11 aromatic rings. The summed E-state index contributed by atoms with van der Waals surface area (Å²) in [5, 5.41) is 4.97. The molecule has 0 saturated heterocycles. The molecule has 4 heteroatoms. The standard InChI is InChI=1S/C49H32N4/c1-3-14-33(15-4-1)49-50-43-22-9-12-25-48(43)53(49)38-19-13-18-37(32-38)52-45-24-11-8-21-40(45)42-31-35(27-29-47(42)52)34-26-28-46-41(30-34)39-20-7-10-23-44(39)51(46)36-16-5-2-6-17-36/h1-32H. The zero-order valence-electron chi connectivity index (χ0n) is 28.8. The van der Waals surface area contributed by atoms with Crippen molar-refractivity contribution in [1.29, 1.82) is 0 Å². The highest BCUT2D eigenvalue weighted by molar-refractivity contribution is 6.12. The number of nitrogens with zero attached hydrogens (tertiary/aromatic N) is 4. The molecule has 4 nitrogen and oxygen atoms in total. The molecule has 3 aromatic heterocycles. The topological polar surface area (TPSA) is 27.7 Å². The van der Waals surface area contributed by atoms with Crippen LogP contribution >= 0.6 is 0 Å². The van der Waals surface area contributed by atoms with Crippen molar-refractivity contribution in [3.63, 3.8) is 0 Å². The van der Waals surface area contributed by atoms with Gasteiger partial charge in [0.25, 0.3) is 0 Å². The second-order valence-electron chi connectivity index (χ2n) is 13.6. The summed E-state index contributed by atoms with van der Waals surface area (Å²) in [6, 6.07) is 69.6. The van der Waals surface area contributed by atoms with Crippen molar-refractivity contribution in [3.05, 3.63) is 194 Å². The highest BCUT2D eigenvalue weighted by Crippen LogP contribution is 2.39. The molecule has 0 amide bonds. The normalized spacial score (nSPS) is 11.8. The van der Waals surface area contributed by atoms with Gasteiger partial charge in [0.1, 0.15) is 5.82 Å². The number of aromatic nitrogens is 4. The lowest BCUT2D eigenvalue weighted by molar-refractivity contribution is 1.09. The molecular formula is C49H32N4. The SMILES string of the molecule is c1ccc(-c2nc3ccccc3n2-c2cccc(-n3c4ccccc4c4cc(-c5ccc6c(c5)c5ccccc5n6-c5ccccc5)ccc43)c2)cc1. The van der Waals surface area contributed by atoms with Crippen molar-refractivity contribution < 1.29 is 0 Å². The molecule has 8 aromatic carbocycles. The van der Waals surface area contributed by atoms with Gasteiger partial charge in [-0.25, -0.2) is 4.98 Å². The van der Waals surface area contributed by atoms with Gasteiger partial charge in [0.15, 0.2) is 0 Å². The van der Waals surface area contributed by atoms with Gasteiger partial charge < -0.3 is 9.13 Å². The largest absolute Gasteiger partial charge is 0.309 e. The van der Waals surface area contributed by atoms with Crippen molar-refractivity contribution in [3.8, 4) is 39.6 Å². The summed E-state index contributed by atoms with van der Waals surface area (Å²) in [6.45, 7) is 0. The molecule has 0 fully saturated rings. The summed E-state index contributed by atoms with van der Waals surface area (Å²) in [5.74, 6) is 0.930. The maximum Gasteiger partial charge on any atom is 0.145 e. The zero-order chi connectivity index (χ0) is 34.9. The fourth-order valence-corrected chi connectivity index (χ4v) is 8.28. The highest BCUT2D eigenvalue weighted by Gasteiger charge is 2.18. The molecule has 0 atom stereocenters. The van der Waals surface area contributed by atoms with Crippen molar-refractivity contribution in [2.45, 2.75) is 0 Å².